The summed E-state index contributed by atoms with van der Waals surface area (Å²) in [6.07, 6.45) is 1.78. The third kappa shape index (κ3) is 4.20. The summed E-state index contributed by atoms with van der Waals surface area (Å²) >= 11 is 0. The van der Waals surface area contributed by atoms with Crippen molar-refractivity contribution in [3.63, 3.8) is 0 Å². The smallest absolute Gasteiger partial charge is 0.405 e. The predicted molar refractivity (Wildman–Crippen MR) is 117 cm³/mol. The van der Waals surface area contributed by atoms with Crippen molar-refractivity contribution in [1.29, 1.82) is 0 Å². The van der Waals surface area contributed by atoms with Gasteiger partial charge < -0.3 is 15.5 Å². The summed E-state index contributed by atoms with van der Waals surface area (Å²) in [4.78, 5) is 13.9. The molecule has 32 heavy (non-hydrogen) atoms. The molecular formula is C23H22F3N5O. The minimum Gasteiger partial charge on any atom is -0.405 e. The first-order chi connectivity index (χ1) is 15.4. The first-order valence-electron chi connectivity index (χ1n) is 10.5. The minimum absolute atomic E-state index is 0.173. The van der Waals surface area contributed by atoms with E-state index in [0.717, 1.165) is 48.6 Å². The summed E-state index contributed by atoms with van der Waals surface area (Å²) < 4.78 is 43.8. The summed E-state index contributed by atoms with van der Waals surface area (Å²) in [6, 6.07) is 8.61. The fourth-order valence-electron chi connectivity index (χ4n) is 4.29. The van der Waals surface area contributed by atoms with E-state index in [1.54, 1.807) is 24.5 Å². The van der Waals surface area contributed by atoms with E-state index in [1.165, 1.54) is 6.07 Å². The lowest BCUT2D eigenvalue weighted by Gasteiger charge is -2.27. The van der Waals surface area contributed by atoms with Crippen LogP contribution in [0.1, 0.15) is 24.8 Å². The molecule has 1 aliphatic rings. The molecule has 6 nitrogen and oxygen atoms in total. The van der Waals surface area contributed by atoms with Gasteiger partial charge in [0.25, 0.3) is 0 Å². The number of H-pyrrole nitrogens is 1. The van der Waals surface area contributed by atoms with Gasteiger partial charge in [0.15, 0.2) is 0 Å². The lowest BCUT2D eigenvalue weighted by Crippen LogP contribution is -2.29. The fourth-order valence-corrected chi connectivity index (χ4v) is 4.29. The molecule has 0 aliphatic carbocycles. The van der Waals surface area contributed by atoms with Crippen LogP contribution in [0.2, 0.25) is 0 Å². The van der Waals surface area contributed by atoms with Crippen molar-refractivity contribution >= 4 is 27.8 Å². The molecule has 0 amide bonds. The topological polar surface area (TPSA) is 80.1 Å². The Morgan fingerprint density at radius 2 is 1.78 bits per heavy atom. The number of rotatable bonds is 4. The van der Waals surface area contributed by atoms with Crippen LogP contribution in [-0.2, 0) is 6.54 Å². The van der Waals surface area contributed by atoms with Crippen molar-refractivity contribution in [2.24, 2.45) is 0 Å². The van der Waals surface area contributed by atoms with Gasteiger partial charge in [0.2, 0.25) is 0 Å². The molecule has 0 radical (unpaired) electrons. The Kier molecular flexibility index (Phi) is 5.13. The minimum atomic E-state index is -4.77. The number of likely N-dealkylation sites (tertiary alicyclic amines) is 1. The van der Waals surface area contributed by atoms with E-state index in [4.69, 9.17) is 5.73 Å². The second-order valence-corrected chi connectivity index (χ2v) is 8.11. The zero-order valence-electron chi connectivity index (χ0n) is 17.2. The molecule has 4 heterocycles. The molecule has 0 bridgehead atoms. The molecule has 0 spiro atoms. The number of nitrogens with zero attached hydrogens (tertiary/aromatic N) is 3. The molecule has 1 aromatic carbocycles. The van der Waals surface area contributed by atoms with Gasteiger partial charge in [-0.05, 0) is 49.7 Å². The average Bonchev–Trinajstić information content (AvgIpc) is 3.12. The third-order valence-electron chi connectivity index (χ3n) is 5.82. The van der Waals surface area contributed by atoms with Gasteiger partial charge in [-0.1, -0.05) is 18.6 Å². The second-order valence-electron chi connectivity index (χ2n) is 8.11. The van der Waals surface area contributed by atoms with E-state index in [2.05, 4.69) is 24.6 Å². The van der Waals surface area contributed by atoms with Gasteiger partial charge in [0, 0.05) is 34.6 Å². The summed E-state index contributed by atoms with van der Waals surface area (Å²) in [5.74, 6) is 0.208. The number of alkyl halides is 3. The summed E-state index contributed by atoms with van der Waals surface area (Å²) in [7, 11) is 0. The molecular weight excluding hydrogens is 419 g/mol. The van der Waals surface area contributed by atoms with Gasteiger partial charge in [0.05, 0.1) is 11.7 Å². The Balaban J connectivity index is 1.54. The van der Waals surface area contributed by atoms with E-state index < -0.39 is 6.36 Å². The quantitative estimate of drug-likeness (QED) is 0.453. The van der Waals surface area contributed by atoms with Crippen molar-refractivity contribution in [3.05, 3.63) is 48.3 Å². The number of fused-ring (bicyclic) bond motifs is 3. The Bertz CT molecular complexity index is 1280. The van der Waals surface area contributed by atoms with Crippen LogP contribution in [-0.4, -0.2) is 39.3 Å². The first-order valence-corrected chi connectivity index (χ1v) is 10.5. The molecule has 9 heteroatoms. The number of aromatic amines is 1. The number of nitrogen functional groups attached to an aromatic ring is 1. The second kappa shape index (κ2) is 7.98. The van der Waals surface area contributed by atoms with E-state index in [-0.39, 0.29) is 5.75 Å². The molecule has 0 saturated carbocycles. The number of hydrogen-bond acceptors (Lipinski definition) is 5. The Labute approximate surface area is 182 Å². The maximum absolute atomic E-state index is 13.1. The van der Waals surface area contributed by atoms with Crippen LogP contribution in [0.5, 0.6) is 5.75 Å². The van der Waals surface area contributed by atoms with Crippen LogP contribution in [0.25, 0.3) is 33.1 Å². The Morgan fingerprint density at radius 3 is 2.56 bits per heavy atom. The third-order valence-corrected chi connectivity index (χ3v) is 5.82. The summed E-state index contributed by atoms with van der Waals surface area (Å²) in [6.45, 7) is 2.19. The monoisotopic (exact) mass is 441 g/mol. The molecule has 0 unspecified atom stereocenters. The fraction of sp³-hybridized carbons (Fsp3) is 0.304. The number of ether oxygens (including phenoxy) is 1. The standard InChI is InChI=1S/C23H22F3N5O/c24-23(25,26)32-20-9-14(4-5-15(20)13-31-6-2-1-3-7-31)16-8-18-17-10-21(27)28-12-19(17)30-22(18)29-11-16/h4-5,8-12H,1-3,6-7,13H2,(H2,27,28)(H,29,30). The maximum atomic E-state index is 13.1. The van der Waals surface area contributed by atoms with Crippen LogP contribution >= 0.6 is 0 Å². The van der Waals surface area contributed by atoms with Crippen molar-refractivity contribution in [2.75, 3.05) is 18.8 Å². The largest absolute Gasteiger partial charge is 0.573 e. The SMILES string of the molecule is Nc1cc2c(cn1)[nH]c1ncc(-c3ccc(CN4CCCCC4)c(OC(F)(F)F)c3)cc12. The molecule has 3 aromatic heterocycles. The zero-order chi connectivity index (χ0) is 22.3. The highest BCUT2D eigenvalue weighted by Crippen LogP contribution is 2.34. The molecule has 1 fully saturated rings. The summed E-state index contributed by atoms with van der Waals surface area (Å²) in [5, 5.41) is 1.68. The highest BCUT2D eigenvalue weighted by atomic mass is 19.4. The molecule has 166 valence electrons. The molecule has 1 saturated heterocycles. The van der Waals surface area contributed by atoms with Crippen LogP contribution in [0.15, 0.2) is 42.7 Å². The van der Waals surface area contributed by atoms with Crippen molar-refractivity contribution < 1.29 is 17.9 Å². The molecule has 0 atom stereocenters. The number of aromatic nitrogens is 3. The number of anilines is 1. The van der Waals surface area contributed by atoms with Crippen molar-refractivity contribution in [1.82, 2.24) is 19.9 Å². The molecule has 3 N–H and O–H groups in total. The zero-order valence-corrected chi connectivity index (χ0v) is 17.2. The molecule has 1 aliphatic heterocycles. The van der Waals surface area contributed by atoms with Crippen molar-refractivity contribution in [2.45, 2.75) is 32.2 Å². The molecule has 5 rings (SSSR count). The van der Waals surface area contributed by atoms with Gasteiger partial charge in [-0.25, -0.2) is 9.97 Å². The van der Waals surface area contributed by atoms with Gasteiger partial charge in [0.1, 0.15) is 17.2 Å². The number of nitrogens with two attached hydrogens (primary N) is 1. The number of nitrogens with one attached hydrogen (secondary N) is 1. The van der Waals surface area contributed by atoms with E-state index in [9.17, 15) is 13.2 Å². The van der Waals surface area contributed by atoms with Gasteiger partial charge in [-0.15, -0.1) is 13.2 Å². The first kappa shape index (κ1) is 20.6. The number of pyridine rings is 2. The van der Waals surface area contributed by atoms with Gasteiger partial charge >= 0.3 is 6.36 Å². The van der Waals surface area contributed by atoms with Crippen LogP contribution in [0.4, 0.5) is 19.0 Å². The highest BCUT2D eigenvalue weighted by molar-refractivity contribution is 6.07. The van der Waals surface area contributed by atoms with E-state index in [0.29, 0.717) is 34.7 Å². The lowest BCUT2D eigenvalue weighted by atomic mass is 10.0. The van der Waals surface area contributed by atoms with Crippen LogP contribution < -0.4 is 10.5 Å². The van der Waals surface area contributed by atoms with Crippen molar-refractivity contribution in [3.8, 4) is 16.9 Å². The number of piperidine rings is 1. The summed E-state index contributed by atoms with van der Waals surface area (Å²) in [5.41, 5.74) is 9.07. The molecule has 4 aromatic rings. The van der Waals surface area contributed by atoms with Gasteiger partial charge in [-0.2, -0.15) is 0 Å². The maximum Gasteiger partial charge on any atom is 0.573 e. The van der Waals surface area contributed by atoms with Crippen LogP contribution in [0, 0.1) is 0 Å². The number of benzene rings is 1. The number of halogens is 3. The normalized spacial score (nSPS) is 15.5. The Hall–Kier alpha value is -3.33. The average molecular weight is 441 g/mol. The van der Waals surface area contributed by atoms with E-state index >= 15 is 0 Å². The van der Waals surface area contributed by atoms with Gasteiger partial charge in [-0.3, -0.25) is 4.90 Å². The van der Waals surface area contributed by atoms with E-state index in [1.807, 2.05) is 12.1 Å². The Morgan fingerprint density at radius 1 is 0.969 bits per heavy atom. The van der Waals surface area contributed by atoms with Crippen LogP contribution in [0.3, 0.4) is 0 Å². The highest BCUT2D eigenvalue weighted by Gasteiger charge is 2.32. The predicted octanol–water partition coefficient (Wildman–Crippen LogP) is 5.24. The lowest BCUT2D eigenvalue weighted by molar-refractivity contribution is -0.275. The number of hydrogen-bond donors (Lipinski definition) is 2.